The van der Waals surface area contributed by atoms with E-state index in [0.29, 0.717) is 23.5 Å². The molecule has 1 saturated heterocycles. The third-order valence-corrected chi connectivity index (χ3v) is 6.06. The quantitative estimate of drug-likeness (QED) is 0.369. The molecule has 0 spiro atoms. The van der Waals surface area contributed by atoms with Crippen LogP contribution in [0.5, 0.6) is 11.5 Å². The number of ketones is 1. The van der Waals surface area contributed by atoms with E-state index in [9.17, 15) is 14.7 Å². The largest absolute Gasteiger partial charge is 0.507 e. The van der Waals surface area contributed by atoms with E-state index in [4.69, 9.17) is 9.47 Å². The lowest BCUT2D eigenvalue weighted by Gasteiger charge is -2.26. The maximum Gasteiger partial charge on any atom is 0.295 e. The Hall–Kier alpha value is -4.13. The lowest BCUT2D eigenvalue weighted by molar-refractivity contribution is -0.140. The molecule has 2 aliphatic heterocycles. The van der Waals surface area contributed by atoms with Crippen molar-refractivity contribution >= 4 is 17.4 Å². The van der Waals surface area contributed by atoms with E-state index in [1.807, 2.05) is 24.3 Å². The lowest BCUT2D eigenvalue weighted by Crippen LogP contribution is -2.29. The van der Waals surface area contributed by atoms with Gasteiger partial charge in [0, 0.05) is 29.9 Å². The Morgan fingerprint density at radius 1 is 1.15 bits per heavy atom. The molecule has 1 atom stereocenters. The van der Waals surface area contributed by atoms with Crippen molar-refractivity contribution in [2.75, 3.05) is 13.7 Å². The summed E-state index contributed by atoms with van der Waals surface area (Å²) in [4.78, 5) is 31.9. The zero-order valence-corrected chi connectivity index (χ0v) is 18.0. The fourth-order valence-corrected chi connectivity index (χ4v) is 4.44. The van der Waals surface area contributed by atoms with Crippen LogP contribution in [0.15, 0.2) is 72.6 Å². The molecule has 166 valence electrons. The number of nitrogens with zero attached hydrogens (tertiary/aromatic N) is 2. The van der Waals surface area contributed by atoms with E-state index < -0.39 is 17.7 Å². The summed E-state index contributed by atoms with van der Waals surface area (Å²) in [5, 5.41) is 11.3. The summed E-state index contributed by atoms with van der Waals surface area (Å²) >= 11 is 0. The molecule has 7 nitrogen and oxygen atoms in total. The fourth-order valence-electron chi connectivity index (χ4n) is 4.44. The van der Waals surface area contributed by atoms with Gasteiger partial charge < -0.3 is 19.5 Å². The maximum absolute atomic E-state index is 13.2. The van der Waals surface area contributed by atoms with Crippen molar-refractivity contribution < 1.29 is 24.2 Å². The number of ether oxygens (including phenoxy) is 2. The van der Waals surface area contributed by atoms with Crippen LogP contribution < -0.4 is 9.47 Å². The standard InChI is InChI=1S/C26H22N2O5/c1-32-20-5-3-2-4-19(20)15-28-23(16-8-11-27-12-9-16)22(25(30)26(28)31)24(29)18-6-7-21-17(14-18)10-13-33-21/h2-9,11-12,14,23,29H,10,13,15H2,1H3/b24-22-. The molecule has 1 fully saturated rings. The van der Waals surface area contributed by atoms with Crippen molar-refractivity contribution in [1.29, 1.82) is 0 Å². The summed E-state index contributed by atoms with van der Waals surface area (Å²) in [7, 11) is 1.56. The number of pyridine rings is 1. The second-order valence-corrected chi connectivity index (χ2v) is 7.94. The minimum atomic E-state index is -0.762. The number of aliphatic hydroxyl groups is 1. The minimum Gasteiger partial charge on any atom is -0.507 e. The van der Waals surface area contributed by atoms with Crippen LogP contribution in [0.25, 0.3) is 5.76 Å². The highest BCUT2D eigenvalue weighted by atomic mass is 16.5. The van der Waals surface area contributed by atoms with Crippen molar-refractivity contribution in [3.8, 4) is 11.5 Å². The van der Waals surface area contributed by atoms with Crippen LogP contribution in [-0.2, 0) is 22.6 Å². The van der Waals surface area contributed by atoms with E-state index in [-0.39, 0.29) is 17.9 Å². The smallest absolute Gasteiger partial charge is 0.295 e. The Balaban J connectivity index is 1.63. The van der Waals surface area contributed by atoms with E-state index in [2.05, 4.69) is 4.98 Å². The summed E-state index contributed by atoms with van der Waals surface area (Å²) in [6.07, 6.45) is 3.93. The number of aliphatic hydroxyl groups excluding tert-OH is 1. The van der Waals surface area contributed by atoms with Crippen LogP contribution in [0.1, 0.15) is 28.3 Å². The Labute approximate surface area is 190 Å². The first-order valence-corrected chi connectivity index (χ1v) is 10.6. The van der Waals surface area contributed by atoms with Gasteiger partial charge in [0.15, 0.2) is 0 Å². The van der Waals surface area contributed by atoms with E-state index in [1.165, 1.54) is 4.90 Å². The van der Waals surface area contributed by atoms with Crippen molar-refractivity contribution in [1.82, 2.24) is 9.88 Å². The van der Waals surface area contributed by atoms with Gasteiger partial charge in [0.05, 0.1) is 31.9 Å². The number of fused-ring (bicyclic) bond motifs is 1. The summed E-state index contributed by atoms with van der Waals surface area (Å²) in [6, 6.07) is 15.4. The number of hydrogen-bond donors (Lipinski definition) is 1. The van der Waals surface area contributed by atoms with Crippen LogP contribution in [0.3, 0.4) is 0 Å². The molecule has 0 radical (unpaired) electrons. The number of Topliss-reactive ketones (excluding diaryl/α,β-unsaturated/α-hetero) is 1. The molecule has 1 N–H and O–H groups in total. The molecule has 3 aromatic rings. The van der Waals surface area contributed by atoms with Crippen LogP contribution in [0, 0.1) is 0 Å². The number of carbonyl (C=O) groups excluding carboxylic acids is 2. The first-order valence-electron chi connectivity index (χ1n) is 10.6. The van der Waals surface area contributed by atoms with Crippen LogP contribution in [0.4, 0.5) is 0 Å². The SMILES string of the molecule is COc1ccccc1CN1C(=O)C(=O)/C(=C(\O)c2ccc3c(c2)CCO3)C1c1ccncc1. The third-order valence-electron chi connectivity index (χ3n) is 6.06. The molecular weight excluding hydrogens is 420 g/mol. The molecule has 0 aliphatic carbocycles. The predicted molar refractivity (Wildman–Crippen MR) is 121 cm³/mol. The van der Waals surface area contributed by atoms with Gasteiger partial charge in [-0.1, -0.05) is 18.2 Å². The number of hydrogen-bond acceptors (Lipinski definition) is 6. The van der Waals surface area contributed by atoms with Crippen molar-refractivity contribution in [3.05, 3.63) is 94.8 Å². The number of carbonyl (C=O) groups is 2. The molecule has 3 heterocycles. The highest BCUT2D eigenvalue weighted by Gasteiger charge is 2.46. The average molecular weight is 442 g/mol. The Bertz CT molecular complexity index is 1270. The van der Waals surface area contributed by atoms with Gasteiger partial charge in [-0.3, -0.25) is 14.6 Å². The molecule has 0 saturated carbocycles. The molecule has 0 bridgehead atoms. The topological polar surface area (TPSA) is 89.0 Å². The average Bonchev–Trinajstić information content (AvgIpc) is 3.42. The minimum absolute atomic E-state index is 0.0555. The number of amides is 1. The number of aromatic nitrogens is 1. The van der Waals surface area contributed by atoms with Gasteiger partial charge in [0.1, 0.15) is 17.3 Å². The molecule has 2 aliphatic rings. The Morgan fingerprint density at radius 2 is 1.94 bits per heavy atom. The molecule has 33 heavy (non-hydrogen) atoms. The molecule has 1 amide bonds. The van der Waals surface area contributed by atoms with Gasteiger partial charge in [-0.2, -0.15) is 0 Å². The van der Waals surface area contributed by atoms with Crippen LogP contribution >= 0.6 is 0 Å². The first kappa shape index (κ1) is 20.8. The van der Waals surface area contributed by atoms with E-state index in [1.54, 1.807) is 49.8 Å². The normalized spacial score (nSPS) is 18.8. The van der Waals surface area contributed by atoms with Crippen molar-refractivity contribution in [3.63, 3.8) is 0 Å². The molecule has 1 unspecified atom stereocenters. The lowest BCUT2D eigenvalue weighted by atomic mass is 9.95. The second-order valence-electron chi connectivity index (χ2n) is 7.94. The highest BCUT2D eigenvalue weighted by molar-refractivity contribution is 6.46. The van der Waals surface area contributed by atoms with Gasteiger partial charge in [-0.15, -0.1) is 0 Å². The van der Waals surface area contributed by atoms with E-state index >= 15 is 0 Å². The predicted octanol–water partition coefficient (Wildman–Crippen LogP) is 3.65. The molecule has 2 aromatic carbocycles. The number of methoxy groups -OCH3 is 1. The summed E-state index contributed by atoms with van der Waals surface area (Å²) in [5.74, 6) is -0.206. The highest BCUT2D eigenvalue weighted by Crippen LogP contribution is 2.41. The van der Waals surface area contributed by atoms with Gasteiger partial charge in [-0.25, -0.2) is 0 Å². The summed E-state index contributed by atoms with van der Waals surface area (Å²) < 4.78 is 11.0. The Kier molecular flexibility index (Phi) is 5.30. The number of likely N-dealkylation sites (tertiary alicyclic amines) is 1. The first-order chi connectivity index (χ1) is 16.1. The van der Waals surface area contributed by atoms with Gasteiger partial charge >= 0.3 is 0 Å². The van der Waals surface area contributed by atoms with Crippen LogP contribution in [-0.4, -0.2) is 40.4 Å². The molecule has 1 aromatic heterocycles. The zero-order chi connectivity index (χ0) is 22.9. The summed E-state index contributed by atoms with van der Waals surface area (Å²) in [5.41, 5.74) is 2.94. The van der Waals surface area contributed by atoms with Gasteiger partial charge in [0.25, 0.3) is 11.7 Å². The third kappa shape index (κ3) is 3.61. The summed E-state index contributed by atoms with van der Waals surface area (Å²) in [6.45, 7) is 0.732. The van der Waals surface area contributed by atoms with Crippen molar-refractivity contribution in [2.45, 2.75) is 19.0 Å². The van der Waals surface area contributed by atoms with Gasteiger partial charge in [-0.05, 0) is 47.5 Å². The number of para-hydroxylation sites is 1. The molecule has 7 heteroatoms. The molecule has 5 rings (SSSR count). The monoisotopic (exact) mass is 442 g/mol. The second kappa shape index (κ2) is 8.43. The van der Waals surface area contributed by atoms with Crippen LogP contribution in [0.2, 0.25) is 0 Å². The maximum atomic E-state index is 13.2. The number of rotatable bonds is 5. The van der Waals surface area contributed by atoms with Gasteiger partial charge in [0.2, 0.25) is 0 Å². The zero-order valence-electron chi connectivity index (χ0n) is 18.0. The fraction of sp³-hybridized carbons (Fsp3) is 0.192. The molecular formula is C26H22N2O5. The van der Waals surface area contributed by atoms with E-state index in [0.717, 1.165) is 23.3 Å². The number of benzene rings is 2. The Morgan fingerprint density at radius 3 is 2.73 bits per heavy atom. The van der Waals surface area contributed by atoms with Crippen molar-refractivity contribution in [2.24, 2.45) is 0 Å².